The molecule has 130 valence electrons. The normalized spacial score (nSPS) is 18.5. The third-order valence-electron chi connectivity index (χ3n) is 4.47. The minimum atomic E-state index is -0.289. The number of benzene rings is 2. The van der Waals surface area contributed by atoms with E-state index in [1.807, 2.05) is 50.2 Å². The van der Waals surface area contributed by atoms with Crippen LogP contribution in [0.25, 0.3) is 0 Å². The Morgan fingerprint density at radius 1 is 1.16 bits per heavy atom. The van der Waals surface area contributed by atoms with E-state index in [1.165, 1.54) is 0 Å². The number of carbonyl (C=O) groups excluding carboxylic acids is 2. The second-order valence-corrected chi connectivity index (χ2v) is 6.75. The van der Waals surface area contributed by atoms with Crippen LogP contribution in [0.4, 0.5) is 11.4 Å². The molecule has 1 saturated carbocycles. The molecule has 2 aromatic carbocycles. The van der Waals surface area contributed by atoms with Gasteiger partial charge in [0.1, 0.15) is 0 Å². The second kappa shape index (κ2) is 7.28. The number of aryl methyl sites for hydroxylation is 1. The Balaban J connectivity index is 1.66. The quantitative estimate of drug-likeness (QED) is 0.869. The van der Waals surface area contributed by atoms with E-state index in [0.717, 1.165) is 11.3 Å². The van der Waals surface area contributed by atoms with Crippen LogP contribution in [0.5, 0.6) is 0 Å². The Morgan fingerprint density at radius 2 is 1.92 bits per heavy atom. The van der Waals surface area contributed by atoms with Crippen molar-refractivity contribution in [1.29, 1.82) is 0 Å². The van der Waals surface area contributed by atoms with Gasteiger partial charge in [-0.3, -0.25) is 9.59 Å². The molecule has 2 amide bonds. The van der Waals surface area contributed by atoms with Crippen LogP contribution in [0.15, 0.2) is 48.5 Å². The summed E-state index contributed by atoms with van der Waals surface area (Å²) in [5, 5.41) is 3.32. The highest BCUT2D eigenvalue weighted by Gasteiger charge is 2.49. The van der Waals surface area contributed by atoms with E-state index in [1.54, 1.807) is 17.0 Å². The number of rotatable bonds is 5. The van der Waals surface area contributed by atoms with Crippen LogP contribution in [0.1, 0.15) is 18.9 Å². The summed E-state index contributed by atoms with van der Waals surface area (Å²) in [4.78, 5) is 27.0. The molecule has 5 heteroatoms. The van der Waals surface area contributed by atoms with E-state index in [4.69, 9.17) is 11.6 Å². The summed E-state index contributed by atoms with van der Waals surface area (Å²) >= 11 is 6.07. The van der Waals surface area contributed by atoms with Crippen LogP contribution < -0.4 is 10.2 Å². The van der Waals surface area contributed by atoms with Gasteiger partial charge >= 0.3 is 0 Å². The lowest BCUT2D eigenvalue weighted by Gasteiger charge is -2.21. The molecular weight excluding hydrogens is 336 g/mol. The Morgan fingerprint density at radius 3 is 2.60 bits per heavy atom. The van der Waals surface area contributed by atoms with Gasteiger partial charge in [-0.05, 0) is 50.1 Å². The van der Waals surface area contributed by atoms with Crippen LogP contribution in [0.3, 0.4) is 0 Å². The topological polar surface area (TPSA) is 49.4 Å². The fraction of sp³-hybridized carbons (Fsp3) is 0.300. The summed E-state index contributed by atoms with van der Waals surface area (Å²) in [7, 11) is 0. The minimum absolute atomic E-state index is 0.00686. The molecule has 0 spiro atoms. The van der Waals surface area contributed by atoms with E-state index in [0.29, 0.717) is 23.7 Å². The van der Waals surface area contributed by atoms with Gasteiger partial charge in [0.25, 0.3) is 0 Å². The summed E-state index contributed by atoms with van der Waals surface area (Å²) < 4.78 is 0. The average molecular weight is 357 g/mol. The van der Waals surface area contributed by atoms with E-state index in [9.17, 15) is 9.59 Å². The van der Waals surface area contributed by atoms with Crippen molar-refractivity contribution < 1.29 is 9.59 Å². The number of nitrogens with zero attached hydrogens (tertiary/aromatic N) is 1. The van der Waals surface area contributed by atoms with Gasteiger partial charge in [0.2, 0.25) is 11.8 Å². The van der Waals surface area contributed by atoms with Crippen molar-refractivity contribution in [3.63, 3.8) is 0 Å². The van der Waals surface area contributed by atoms with E-state index in [2.05, 4.69) is 5.32 Å². The van der Waals surface area contributed by atoms with Gasteiger partial charge in [0, 0.05) is 12.2 Å². The molecule has 2 unspecified atom stereocenters. The first-order valence-corrected chi connectivity index (χ1v) is 8.82. The molecule has 0 heterocycles. The van der Waals surface area contributed by atoms with Crippen LogP contribution in [-0.2, 0) is 9.59 Å². The molecule has 0 bridgehead atoms. The molecule has 0 saturated heterocycles. The summed E-state index contributed by atoms with van der Waals surface area (Å²) in [6, 6.07) is 15.0. The van der Waals surface area contributed by atoms with Crippen LogP contribution in [0, 0.1) is 18.8 Å². The lowest BCUT2D eigenvalue weighted by Crippen LogP contribution is -2.33. The predicted molar refractivity (Wildman–Crippen MR) is 101 cm³/mol. The molecule has 1 fully saturated rings. The lowest BCUT2D eigenvalue weighted by molar-refractivity contribution is -0.123. The number of hydrogen-bond donors (Lipinski definition) is 1. The van der Waals surface area contributed by atoms with Gasteiger partial charge in [0.05, 0.1) is 22.5 Å². The molecule has 2 aromatic rings. The third-order valence-corrected chi connectivity index (χ3v) is 4.80. The zero-order chi connectivity index (χ0) is 18.0. The molecule has 0 aliphatic heterocycles. The van der Waals surface area contributed by atoms with Crippen molar-refractivity contribution in [3.8, 4) is 0 Å². The SMILES string of the molecule is CCN(C(=O)C1CC1C(=O)Nc1ccccc1Cl)c1cccc(C)c1. The molecule has 3 rings (SSSR count). The fourth-order valence-electron chi connectivity index (χ4n) is 3.01. The van der Waals surface area contributed by atoms with Gasteiger partial charge < -0.3 is 10.2 Å². The first-order chi connectivity index (χ1) is 12.0. The molecule has 0 aromatic heterocycles. The Hall–Kier alpha value is -2.33. The Bertz CT molecular complexity index is 806. The first-order valence-electron chi connectivity index (χ1n) is 8.44. The number of carbonyl (C=O) groups is 2. The summed E-state index contributed by atoms with van der Waals surface area (Å²) in [6.45, 7) is 4.53. The Labute approximate surface area is 152 Å². The highest BCUT2D eigenvalue weighted by atomic mass is 35.5. The second-order valence-electron chi connectivity index (χ2n) is 6.34. The zero-order valence-electron chi connectivity index (χ0n) is 14.3. The number of anilines is 2. The molecule has 1 aliphatic carbocycles. The number of halogens is 1. The standard InChI is InChI=1S/C20H21ClN2O2/c1-3-23(14-8-6-7-13(2)11-14)20(25)16-12-15(16)19(24)22-18-10-5-4-9-17(18)21/h4-11,15-16H,3,12H2,1-2H3,(H,22,24). The highest BCUT2D eigenvalue weighted by Crippen LogP contribution is 2.42. The van der Waals surface area contributed by atoms with Crippen molar-refractivity contribution >= 4 is 34.8 Å². The van der Waals surface area contributed by atoms with Gasteiger partial charge in [-0.15, -0.1) is 0 Å². The molecule has 0 radical (unpaired) electrons. The molecule has 25 heavy (non-hydrogen) atoms. The summed E-state index contributed by atoms with van der Waals surface area (Å²) in [5.74, 6) is -0.690. The summed E-state index contributed by atoms with van der Waals surface area (Å²) in [5.41, 5.74) is 2.57. The maximum absolute atomic E-state index is 12.8. The smallest absolute Gasteiger partial charge is 0.230 e. The van der Waals surface area contributed by atoms with Crippen LogP contribution in [-0.4, -0.2) is 18.4 Å². The third kappa shape index (κ3) is 3.85. The molecule has 2 atom stereocenters. The fourth-order valence-corrected chi connectivity index (χ4v) is 3.19. The van der Waals surface area contributed by atoms with Crippen molar-refractivity contribution in [1.82, 2.24) is 0 Å². The van der Waals surface area contributed by atoms with Crippen molar-refractivity contribution in [2.75, 3.05) is 16.8 Å². The number of nitrogens with one attached hydrogen (secondary N) is 1. The van der Waals surface area contributed by atoms with E-state index < -0.39 is 0 Å². The van der Waals surface area contributed by atoms with E-state index >= 15 is 0 Å². The molecule has 1 aliphatic rings. The van der Waals surface area contributed by atoms with E-state index in [-0.39, 0.29) is 23.7 Å². The first kappa shape index (κ1) is 17.5. The van der Waals surface area contributed by atoms with Crippen molar-refractivity contribution in [2.24, 2.45) is 11.8 Å². The predicted octanol–water partition coefficient (Wildman–Crippen LogP) is 4.28. The zero-order valence-corrected chi connectivity index (χ0v) is 15.1. The number of amides is 2. The maximum Gasteiger partial charge on any atom is 0.230 e. The van der Waals surface area contributed by atoms with Crippen LogP contribution in [0.2, 0.25) is 5.02 Å². The maximum atomic E-state index is 12.8. The van der Waals surface area contributed by atoms with Gasteiger partial charge in [0.15, 0.2) is 0 Å². The number of para-hydroxylation sites is 1. The largest absolute Gasteiger partial charge is 0.325 e. The Kier molecular flexibility index (Phi) is 5.09. The van der Waals surface area contributed by atoms with Crippen LogP contribution >= 0.6 is 11.6 Å². The molecular formula is C20H21ClN2O2. The minimum Gasteiger partial charge on any atom is -0.325 e. The van der Waals surface area contributed by atoms with Gasteiger partial charge in [-0.1, -0.05) is 35.9 Å². The van der Waals surface area contributed by atoms with Gasteiger partial charge in [-0.2, -0.15) is 0 Å². The highest BCUT2D eigenvalue weighted by molar-refractivity contribution is 6.33. The molecule has 4 nitrogen and oxygen atoms in total. The van der Waals surface area contributed by atoms with Crippen molar-refractivity contribution in [2.45, 2.75) is 20.3 Å². The lowest BCUT2D eigenvalue weighted by atomic mass is 10.2. The summed E-state index contributed by atoms with van der Waals surface area (Å²) in [6.07, 6.45) is 0.581. The average Bonchev–Trinajstić information content (AvgIpc) is 3.38. The molecule has 1 N–H and O–H groups in total. The monoisotopic (exact) mass is 356 g/mol. The van der Waals surface area contributed by atoms with Gasteiger partial charge in [-0.25, -0.2) is 0 Å². The van der Waals surface area contributed by atoms with Crippen molar-refractivity contribution in [3.05, 3.63) is 59.1 Å². The number of hydrogen-bond acceptors (Lipinski definition) is 2.